The van der Waals surface area contributed by atoms with Crippen LogP contribution in [-0.2, 0) is 0 Å². The Morgan fingerprint density at radius 3 is 0.429 bits per heavy atom. The molecule has 0 spiro atoms. The summed E-state index contributed by atoms with van der Waals surface area (Å²) in [4.78, 5) is 0. The van der Waals surface area contributed by atoms with E-state index in [9.17, 15) is 0 Å². The van der Waals surface area contributed by atoms with Crippen molar-refractivity contribution in [2.75, 3.05) is 24.6 Å². The van der Waals surface area contributed by atoms with Gasteiger partial charge in [0.05, 0.1) is 0 Å². The van der Waals surface area contributed by atoms with E-state index < -0.39 is 7.26 Å². The molecule has 1 heteroatoms. The van der Waals surface area contributed by atoms with Crippen molar-refractivity contribution in [1.82, 2.24) is 0 Å². The molecule has 0 saturated heterocycles. The van der Waals surface area contributed by atoms with Crippen LogP contribution in [0, 0.1) is 0 Å². The quantitative estimate of drug-likeness (QED) is 0.0437. The van der Waals surface area contributed by atoms with Crippen molar-refractivity contribution in [2.45, 2.75) is 285 Å². The fourth-order valence-corrected chi connectivity index (χ4v) is 14.2. The van der Waals surface area contributed by atoms with E-state index in [0.29, 0.717) is 0 Å². The van der Waals surface area contributed by atoms with Crippen molar-refractivity contribution in [1.29, 1.82) is 0 Å². The van der Waals surface area contributed by atoms with Gasteiger partial charge in [-0.3, -0.25) is 0 Å². The Bertz CT molecular complexity index is 468. The Balaban J connectivity index is 4.87. The summed E-state index contributed by atoms with van der Waals surface area (Å²) in [6, 6.07) is 0. The summed E-state index contributed by atoms with van der Waals surface area (Å²) in [5.41, 5.74) is 0. The second-order valence-corrected chi connectivity index (χ2v) is 22.2. The molecule has 0 aliphatic rings. The molecule has 0 amide bonds. The van der Waals surface area contributed by atoms with Crippen molar-refractivity contribution < 1.29 is 0 Å². The number of unbranched alkanes of at least 4 members (excludes halogenated alkanes) is 36. The average molecular weight is 709 g/mol. The van der Waals surface area contributed by atoms with Gasteiger partial charge >= 0.3 is 316 Å². The summed E-state index contributed by atoms with van der Waals surface area (Å²) in [6.45, 7) is 9.36. The molecule has 0 bridgehead atoms. The van der Waals surface area contributed by atoms with Crippen LogP contribution in [0.25, 0.3) is 0 Å². The molecule has 0 unspecified atom stereocenters. The fourth-order valence-electron chi connectivity index (χ4n) is 8.70. The molecule has 0 rings (SSSR count). The number of hydrogen-bond donors (Lipinski definition) is 0. The molecule has 49 heavy (non-hydrogen) atoms. The van der Waals surface area contributed by atoms with E-state index in [2.05, 4.69) is 27.7 Å². The molecule has 0 atom stereocenters. The van der Waals surface area contributed by atoms with Gasteiger partial charge in [0, 0.05) is 0 Å². The molecule has 0 aromatic carbocycles. The zero-order chi connectivity index (χ0) is 35.6. The van der Waals surface area contributed by atoms with E-state index in [1.165, 1.54) is 231 Å². The van der Waals surface area contributed by atoms with Crippen LogP contribution in [0.5, 0.6) is 0 Å². The second kappa shape index (κ2) is 42.8. The minimum absolute atomic E-state index is 1.16. The molecule has 0 saturated carbocycles. The van der Waals surface area contributed by atoms with Gasteiger partial charge < -0.3 is 0 Å². The molecule has 0 aromatic heterocycles. The Morgan fingerprint density at radius 1 is 0.163 bits per heavy atom. The van der Waals surface area contributed by atoms with Gasteiger partial charge in [-0.1, -0.05) is 0 Å². The van der Waals surface area contributed by atoms with E-state index in [1.807, 2.05) is 0 Å². The zero-order valence-electron chi connectivity index (χ0n) is 35.6. The molecular formula is C48H101P. The van der Waals surface area contributed by atoms with Crippen molar-refractivity contribution in [3.8, 4) is 0 Å². The molecule has 298 valence electrons. The van der Waals surface area contributed by atoms with Gasteiger partial charge in [0.15, 0.2) is 0 Å². The number of hydrogen-bond acceptors (Lipinski definition) is 0. The Kier molecular flexibility index (Phi) is 43.2. The summed E-state index contributed by atoms with van der Waals surface area (Å²) in [6.07, 6.45) is 66.5. The van der Waals surface area contributed by atoms with Crippen LogP contribution >= 0.6 is 7.26 Å². The van der Waals surface area contributed by atoms with Crippen LogP contribution in [0.3, 0.4) is 0 Å². The van der Waals surface area contributed by atoms with Crippen LogP contribution in [0.2, 0.25) is 0 Å². The Labute approximate surface area is 315 Å². The van der Waals surface area contributed by atoms with Crippen molar-refractivity contribution in [2.24, 2.45) is 0 Å². The molecular weight excluding hydrogens is 608 g/mol. The van der Waals surface area contributed by atoms with Crippen LogP contribution in [0.1, 0.15) is 285 Å². The van der Waals surface area contributed by atoms with Crippen LogP contribution in [0.15, 0.2) is 0 Å². The van der Waals surface area contributed by atoms with Gasteiger partial charge in [-0.25, -0.2) is 0 Å². The molecule has 0 aliphatic heterocycles. The van der Waals surface area contributed by atoms with Crippen LogP contribution in [-0.4, -0.2) is 24.6 Å². The van der Waals surface area contributed by atoms with Crippen LogP contribution in [0.4, 0.5) is 0 Å². The average Bonchev–Trinajstić information content (AvgIpc) is 3.11. The first-order valence-corrected chi connectivity index (χ1v) is 27.1. The first kappa shape index (κ1) is 49.4. The summed E-state index contributed by atoms with van der Waals surface area (Å²) in [5.74, 6) is 0. The first-order chi connectivity index (χ1) is 24.2. The predicted molar refractivity (Wildman–Crippen MR) is 235 cm³/mol. The van der Waals surface area contributed by atoms with Gasteiger partial charge in [0.1, 0.15) is 0 Å². The Hall–Kier alpha value is 0.430. The van der Waals surface area contributed by atoms with E-state index >= 15 is 0 Å². The van der Waals surface area contributed by atoms with E-state index in [4.69, 9.17) is 0 Å². The van der Waals surface area contributed by atoms with Gasteiger partial charge in [0.2, 0.25) is 0 Å². The number of rotatable bonds is 44. The SMILES string of the molecule is CCCCCCCCCCCC[PH](CCCCCCCCCCCC)(CCCCCCCCCCCC)CCCCCCCCCCCC. The maximum absolute atomic E-state index is 2.34. The third-order valence-corrected chi connectivity index (χ3v) is 17.9. The van der Waals surface area contributed by atoms with Crippen molar-refractivity contribution in [3.63, 3.8) is 0 Å². The summed E-state index contributed by atoms with van der Waals surface area (Å²) < 4.78 is 0. The molecule has 0 N–H and O–H groups in total. The van der Waals surface area contributed by atoms with Gasteiger partial charge in [0.25, 0.3) is 0 Å². The van der Waals surface area contributed by atoms with Gasteiger partial charge in [-0.15, -0.1) is 0 Å². The normalized spacial score (nSPS) is 12.3. The van der Waals surface area contributed by atoms with Crippen molar-refractivity contribution in [3.05, 3.63) is 0 Å². The minimum atomic E-state index is -1.16. The van der Waals surface area contributed by atoms with E-state index in [1.54, 1.807) is 50.3 Å². The van der Waals surface area contributed by atoms with Gasteiger partial charge in [-0.2, -0.15) is 0 Å². The standard InChI is InChI=1S/C48H101P/c1-5-9-13-17-21-25-29-33-37-41-45-49(46-42-38-34-30-26-22-18-14-10-6-2,47-43-39-35-31-27-23-19-15-11-7-3)48-44-40-36-32-28-24-20-16-12-8-4/h49H,5-48H2,1-4H3. The summed E-state index contributed by atoms with van der Waals surface area (Å²) in [5, 5.41) is 0. The molecule has 0 heterocycles. The molecule has 0 nitrogen and oxygen atoms in total. The third-order valence-electron chi connectivity index (χ3n) is 12.2. The molecule has 0 radical (unpaired) electrons. The maximum atomic E-state index is 2.34. The second-order valence-electron chi connectivity index (χ2n) is 17.2. The third kappa shape index (κ3) is 38.0. The van der Waals surface area contributed by atoms with E-state index in [-0.39, 0.29) is 0 Å². The van der Waals surface area contributed by atoms with Gasteiger partial charge in [-0.05, 0) is 0 Å². The first-order valence-electron chi connectivity index (χ1n) is 24.2. The molecule has 0 aromatic rings. The molecule has 0 aliphatic carbocycles. The van der Waals surface area contributed by atoms with E-state index in [0.717, 1.165) is 0 Å². The monoisotopic (exact) mass is 709 g/mol. The van der Waals surface area contributed by atoms with Crippen LogP contribution < -0.4 is 0 Å². The summed E-state index contributed by atoms with van der Waals surface area (Å²) >= 11 is 0. The molecule has 0 fully saturated rings. The van der Waals surface area contributed by atoms with Crippen molar-refractivity contribution >= 4 is 7.26 Å². The summed E-state index contributed by atoms with van der Waals surface area (Å²) in [7, 11) is -1.16. The zero-order valence-corrected chi connectivity index (χ0v) is 36.6. The fraction of sp³-hybridized carbons (Fsp3) is 1.00. The topological polar surface area (TPSA) is 0 Å². The Morgan fingerprint density at radius 2 is 0.286 bits per heavy atom. The predicted octanol–water partition coefficient (Wildman–Crippen LogP) is 18.4.